The number of nitrogens with zero attached hydrogens (tertiary/aromatic N) is 1. The summed E-state index contributed by atoms with van der Waals surface area (Å²) in [7, 11) is 2.19. The maximum Gasteiger partial charge on any atom is 0.0701 e. The third-order valence-corrected chi connectivity index (χ3v) is 4.51. The van der Waals surface area contributed by atoms with Crippen molar-refractivity contribution in [1.29, 1.82) is 0 Å². The third-order valence-electron chi connectivity index (χ3n) is 2.90. The molecular weight excluding hydrogens is 272 g/mol. The Balaban J connectivity index is 1.75. The van der Waals surface area contributed by atoms with Gasteiger partial charge in [-0.05, 0) is 53.9 Å². The Morgan fingerprint density at radius 2 is 2.27 bits per heavy atom. The van der Waals surface area contributed by atoms with Crippen molar-refractivity contribution in [3.8, 4) is 0 Å². The van der Waals surface area contributed by atoms with Gasteiger partial charge in [0.2, 0.25) is 0 Å². The van der Waals surface area contributed by atoms with Gasteiger partial charge in [0.05, 0.1) is 3.79 Å². The van der Waals surface area contributed by atoms with Crippen LogP contribution in [-0.4, -0.2) is 24.5 Å². The highest BCUT2D eigenvalue weighted by molar-refractivity contribution is 9.11. The zero-order valence-corrected chi connectivity index (χ0v) is 11.4. The van der Waals surface area contributed by atoms with Gasteiger partial charge in [-0.2, -0.15) is 0 Å². The molecule has 84 valence electrons. The summed E-state index contributed by atoms with van der Waals surface area (Å²) in [6.45, 7) is 2.24. The predicted octanol–water partition coefficient (Wildman–Crippen LogP) is 2.68. The van der Waals surface area contributed by atoms with Crippen LogP contribution >= 0.6 is 27.3 Å². The van der Waals surface area contributed by atoms with Gasteiger partial charge in [-0.15, -0.1) is 11.3 Å². The molecule has 15 heavy (non-hydrogen) atoms. The number of thiophene rings is 1. The summed E-state index contributed by atoms with van der Waals surface area (Å²) in [5.74, 6) is 0.827. The number of halogens is 1. The summed E-state index contributed by atoms with van der Waals surface area (Å²) in [5.41, 5.74) is 5.78. The highest BCUT2D eigenvalue weighted by Gasteiger charge is 2.26. The van der Waals surface area contributed by atoms with E-state index in [1.165, 1.54) is 28.0 Å². The molecule has 1 heterocycles. The molecule has 0 bridgehead atoms. The van der Waals surface area contributed by atoms with Crippen LogP contribution < -0.4 is 5.73 Å². The number of rotatable bonds is 4. The zero-order chi connectivity index (χ0) is 10.8. The molecule has 0 amide bonds. The molecule has 2 rings (SSSR count). The standard InChI is InChI=1S/C11H17BrN2S/c1-14(6-8-4-9(13)5-8)7-10-2-3-11(12)15-10/h2-3,8-9H,4-7,13H2,1H3. The van der Waals surface area contributed by atoms with Gasteiger partial charge in [0.1, 0.15) is 0 Å². The molecule has 2 nitrogen and oxygen atoms in total. The van der Waals surface area contributed by atoms with Crippen LogP contribution in [0.25, 0.3) is 0 Å². The fourth-order valence-electron chi connectivity index (χ4n) is 2.14. The molecule has 1 aromatic heterocycles. The normalized spacial score (nSPS) is 25.6. The van der Waals surface area contributed by atoms with Crippen molar-refractivity contribution in [2.24, 2.45) is 11.7 Å². The van der Waals surface area contributed by atoms with Crippen molar-refractivity contribution in [3.05, 3.63) is 20.8 Å². The van der Waals surface area contributed by atoms with E-state index in [2.05, 4.69) is 40.0 Å². The fraction of sp³-hybridized carbons (Fsp3) is 0.636. The van der Waals surface area contributed by atoms with E-state index in [-0.39, 0.29) is 0 Å². The second kappa shape index (κ2) is 4.95. The molecule has 0 aromatic carbocycles. The number of hydrogen-bond acceptors (Lipinski definition) is 3. The topological polar surface area (TPSA) is 29.3 Å². The van der Waals surface area contributed by atoms with Crippen LogP contribution in [0.1, 0.15) is 17.7 Å². The van der Waals surface area contributed by atoms with Crippen molar-refractivity contribution >= 4 is 27.3 Å². The van der Waals surface area contributed by atoms with Crippen LogP contribution in [0.3, 0.4) is 0 Å². The van der Waals surface area contributed by atoms with Gasteiger partial charge in [0.25, 0.3) is 0 Å². The smallest absolute Gasteiger partial charge is 0.0701 e. The zero-order valence-electron chi connectivity index (χ0n) is 8.95. The average Bonchev–Trinajstić information content (AvgIpc) is 2.48. The lowest BCUT2D eigenvalue weighted by molar-refractivity contribution is 0.179. The van der Waals surface area contributed by atoms with Gasteiger partial charge in [-0.25, -0.2) is 0 Å². The molecule has 2 N–H and O–H groups in total. The van der Waals surface area contributed by atoms with E-state index in [0.29, 0.717) is 6.04 Å². The highest BCUT2D eigenvalue weighted by atomic mass is 79.9. The Kier molecular flexibility index (Phi) is 3.83. The lowest BCUT2D eigenvalue weighted by Gasteiger charge is -2.35. The summed E-state index contributed by atoms with van der Waals surface area (Å²) < 4.78 is 1.22. The molecule has 0 radical (unpaired) electrons. The summed E-state index contributed by atoms with van der Waals surface area (Å²) in [5, 5.41) is 0. The molecule has 1 fully saturated rings. The van der Waals surface area contributed by atoms with Crippen molar-refractivity contribution in [2.45, 2.75) is 25.4 Å². The molecule has 1 saturated carbocycles. The Hall–Kier alpha value is 0.1000. The van der Waals surface area contributed by atoms with Crippen molar-refractivity contribution in [1.82, 2.24) is 4.90 Å². The van der Waals surface area contributed by atoms with Crippen LogP contribution in [0.15, 0.2) is 15.9 Å². The molecule has 1 aliphatic rings. The Labute approximate surface area is 104 Å². The minimum atomic E-state index is 0.472. The van der Waals surface area contributed by atoms with Crippen molar-refractivity contribution in [2.75, 3.05) is 13.6 Å². The van der Waals surface area contributed by atoms with Crippen LogP contribution in [0.5, 0.6) is 0 Å². The quantitative estimate of drug-likeness (QED) is 0.923. The van der Waals surface area contributed by atoms with Gasteiger partial charge in [0, 0.05) is 24.0 Å². The first-order valence-electron chi connectivity index (χ1n) is 5.32. The first-order chi connectivity index (χ1) is 7.13. The summed E-state index contributed by atoms with van der Waals surface area (Å²) in [4.78, 5) is 3.82. The summed E-state index contributed by atoms with van der Waals surface area (Å²) >= 11 is 5.31. The molecular formula is C11H17BrN2S. The fourth-order valence-corrected chi connectivity index (χ4v) is 3.71. The van der Waals surface area contributed by atoms with E-state index in [1.54, 1.807) is 0 Å². The van der Waals surface area contributed by atoms with Crippen molar-refractivity contribution < 1.29 is 0 Å². The summed E-state index contributed by atoms with van der Waals surface area (Å²) in [6.07, 6.45) is 2.41. The maximum atomic E-state index is 5.78. The lowest BCUT2D eigenvalue weighted by Crippen LogP contribution is -2.41. The van der Waals surface area contributed by atoms with Crippen LogP contribution in [0.2, 0.25) is 0 Å². The molecule has 0 unspecified atom stereocenters. The number of hydrogen-bond donors (Lipinski definition) is 1. The van der Waals surface area contributed by atoms with Crippen LogP contribution in [0.4, 0.5) is 0 Å². The van der Waals surface area contributed by atoms with Crippen molar-refractivity contribution in [3.63, 3.8) is 0 Å². The van der Waals surface area contributed by atoms with Gasteiger partial charge in [-0.1, -0.05) is 0 Å². The molecule has 1 aliphatic carbocycles. The van der Waals surface area contributed by atoms with Gasteiger partial charge < -0.3 is 10.6 Å². The van der Waals surface area contributed by atoms with E-state index in [1.807, 2.05) is 11.3 Å². The molecule has 0 aliphatic heterocycles. The molecule has 0 saturated heterocycles. The Morgan fingerprint density at radius 1 is 1.53 bits per heavy atom. The van der Waals surface area contributed by atoms with E-state index in [9.17, 15) is 0 Å². The summed E-state index contributed by atoms with van der Waals surface area (Å²) in [6, 6.07) is 4.78. The molecule has 0 spiro atoms. The van der Waals surface area contributed by atoms with E-state index < -0.39 is 0 Å². The van der Waals surface area contributed by atoms with Crippen LogP contribution in [-0.2, 0) is 6.54 Å². The second-order valence-corrected chi connectivity index (χ2v) is 7.05. The first kappa shape index (κ1) is 11.6. The molecule has 4 heteroatoms. The van der Waals surface area contributed by atoms with E-state index in [4.69, 9.17) is 5.73 Å². The Bertz CT molecular complexity index is 320. The maximum absolute atomic E-state index is 5.78. The van der Waals surface area contributed by atoms with E-state index >= 15 is 0 Å². The third kappa shape index (κ3) is 3.28. The average molecular weight is 289 g/mol. The van der Waals surface area contributed by atoms with Gasteiger partial charge >= 0.3 is 0 Å². The van der Waals surface area contributed by atoms with Gasteiger partial charge in [0.15, 0.2) is 0 Å². The van der Waals surface area contributed by atoms with Crippen LogP contribution in [0, 0.1) is 5.92 Å². The predicted molar refractivity (Wildman–Crippen MR) is 69.1 cm³/mol. The Morgan fingerprint density at radius 3 is 2.80 bits per heavy atom. The minimum absolute atomic E-state index is 0.472. The monoisotopic (exact) mass is 288 g/mol. The second-order valence-electron chi connectivity index (χ2n) is 4.50. The largest absolute Gasteiger partial charge is 0.328 e. The molecule has 0 atom stereocenters. The SMILES string of the molecule is CN(Cc1ccc(Br)s1)CC1CC(N)C1. The highest BCUT2D eigenvalue weighted by Crippen LogP contribution is 2.27. The number of nitrogens with two attached hydrogens (primary N) is 1. The first-order valence-corrected chi connectivity index (χ1v) is 6.93. The van der Waals surface area contributed by atoms with Gasteiger partial charge in [-0.3, -0.25) is 0 Å². The lowest BCUT2D eigenvalue weighted by atomic mass is 9.80. The van der Waals surface area contributed by atoms with E-state index in [0.717, 1.165) is 12.5 Å². The minimum Gasteiger partial charge on any atom is -0.328 e. The molecule has 1 aromatic rings.